The molecule has 0 aliphatic rings. The highest BCUT2D eigenvalue weighted by Crippen LogP contribution is 2.27. The lowest BCUT2D eigenvalue weighted by atomic mass is 10.1. The van der Waals surface area contributed by atoms with Gasteiger partial charge in [0.2, 0.25) is 0 Å². The minimum absolute atomic E-state index is 0.0847. The van der Waals surface area contributed by atoms with Crippen LogP contribution in [0.2, 0.25) is 0 Å². The second-order valence-corrected chi connectivity index (χ2v) is 7.76. The molecule has 0 aliphatic heterocycles. The molecule has 3 rings (SSSR count). The van der Waals surface area contributed by atoms with Crippen LogP contribution >= 0.6 is 0 Å². The highest BCUT2D eigenvalue weighted by Gasteiger charge is 2.19. The zero-order valence-electron chi connectivity index (χ0n) is 14.2. The second-order valence-electron chi connectivity index (χ2n) is 5.78. The van der Waals surface area contributed by atoms with E-state index < -0.39 is 9.84 Å². The van der Waals surface area contributed by atoms with Crippen molar-refractivity contribution in [3.8, 4) is 5.69 Å². The van der Waals surface area contributed by atoms with E-state index in [9.17, 15) is 8.42 Å². The van der Waals surface area contributed by atoms with Crippen LogP contribution in [0.5, 0.6) is 0 Å². The van der Waals surface area contributed by atoms with Crippen LogP contribution in [-0.2, 0) is 9.84 Å². The molecule has 1 atom stereocenters. The Morgan fingerprint density at radius 1 is 1.20 bits per heavy atom. The van der Waals surface area contributed by atoms with E-state index in [0.29, 0.717) is 11.6 Å². The fourth-order valence-corrected chi connectivity index (χ4v) is 3.29. The van der Waals surface area contributed by atoms with Crippen molar-refractivity contribution in [1.82, 2.24) is 19.7 Å². The lowest BCUT2D eigenvalue weighted by Crippen LogP contribution is -2.15. The van der Waals surface area contributed by atoms with E-state index in [1.807, 2.05) is 43.5 Å². The third-order valence-corrected chi connectivity index (χ3v) is 4.88. The standard InChI is InChI=1S/C17H19N5O2S/c1-12(14-7-4-5-8-15(14)22-10-6-9-19-22)20-17-16(25(3,23)24)11-18-13(2)21-17/h4-12H,1-3H3,(H,18,20,21)/t12-/m1/s1. The van der Waals surface area contributed by atoms with Crippen LogP contribution in [0.1, 0.15) is 24.4 Å². The Labute approximate surface area is 146 Å². The summed E-state index contributed by atoms with van der Waals surface area (Å²) in [5, 5.41) is 7.48. The predicted molar refractivity (Wildman–Crippen MR) is 95.5 cm³/mol. The van der Waals surface area contributed by atoms with Crippen molar-refractivity contribution in [3.05, 3.63) is 60.3 Å². The molecular formula is C17H19N5O2S. The molecule has 0 saturated carbocycles. The first-order valence-electron chi connectivity index (χ1n) is 7.75. The minimum Gasteiger partial charge on any atom is -0.362 e. The lowest BCUT2D eigenvalue weighted by molar-refractivity contribution is 0.601. The Morgan fingerprint density at radius 2 is 1.96 bits per heavy atom. The SMILES string of the molecule is Cc1ncc(S(C)(=O)=O)c(N[C@H](C)c2ccccc2-n2cccn2)n1. The molecule has 7 nitrogen and oxygen atoms in total. The van der Waals surface area contributed by atoms with Gasteiger partial charge in [-0.3, -0.25) is 0 Å². The molecule has 2 aromatic heterocycles. The zero-order valence-corrected chi connectivity index (χ0v) is 15.0. The Balaban J connectivity index is 2.00. The van der Waals surface area contributed by atoms with Gasteiger partial charge in [0, 0.05) is 18.6 Å². The average Bonchev–Trinajstić information content (AvgIpc) is 3.08. The van der Waals surface area contributed by atoms with Gasteiger partial charge >= 0.3 is 0 Å². The number of nitrogens with zero attached hydrogens (tertiary/aromatic N) is 4. The number of para-hydroxylation sites is 1. The number of rotatable bonds is 5. The van der Waals surface area contributed by atoms with Crippen molar-refractivity contribution in [2.45, 2.75) is 24.8 Å². The number of aromatic nitrogens is 4. The molecule has 0 saturated heterocycles. The molecule has 1 N–H and O–H groups in total. The molecule has 3 aromatic rings. The van der Waals surface area contributed by atoms with E-state index in [1.165, 1.54) is 6.20 Å². The zero-order chi connectivity index (χ0) is 18.0. The molecule has 25 heavy (non-hydrogen) atoms. The van der Waals surface area contributed by atoms with Gasteiger partial charge in [0.1, 0.15) is 16.5 Å². The molecule has 2 heterocycles. The summed E-state index contributed by atoms with van der Waals surface area (Å²) in [5.74, 6) is 0.806. The number of nitrogens with one attached hydrogen (secondary N) is 1. The summed E-state index contributed by atoms with van der Waals surface area (Å²) < 4.78 is 25.8. The number of aryl methyl sites for hydroxylation is 1. The summed E-state index contributed by atoms with van der Waals surface area (Å²) in [6, 6.07) is 9.47. The van der Waals surface area contributed by atoms with Crippen LogP contribution < -0.4 is 5.32 Å². The first-order valence-corrected chi connectivity index (χ1v) is 9.64. The summed E-state index contributed by atoms with van der Waals surface area (Å²) in [4.78, 5) is 8.36. The van der Waals surface area contributed by atoms with Gasteiger partial charge in [-0.05, 0) is 31.5 Å². The molecule has 1 aromatic carbocycles. The van der Waals surface area contributed by atoms with Crippen molar-refractivity contribution in [2.24, 2.45) is 0 Å². The molecule has 0 bridgehead atoms. The van der Waals surface area contributed by atoms with Crippen LogP contribution in [0, 0.1) is 6.92 Å². The summed E-state index contributed by atoms with van der Waals surface area (Å²) in [6.07, 6.45) is 6.06. The third-order valence-electron chi connectivity index (χ3n) is 3.78. The molecule has 0 unspecified atom stereocenters. The van der Waals surface area contributed by atoms with E-state index in [2.05, 4.69) is 20.4 Å². The van der Waals surface area contributed by atoms with Crippen molar-refractivity contribution in [2.75, 3.05) is 11.6 Å². The van der Waals surface area contributed by atoms with Gasteiger partial charge in [-0.25, -0.2) is 23.1 Å². The fraction of sp³-hybridized carbons (Fsp3) is 0.235. The quantitative estimate of drug-likeness (QED) is 0.755. The Bertz CT molecular complexity index is 984. The second kappa shape index (κ2) is 6.64. The molecule has 0 spiro atoms. The number of hydrogen-bond donors (Lipinski definition) is 1. The van der Waals surface area contributed by atoms with E-state index in [1.54, 1.807) is 17.8 Å². The predicted octanol–water partition coefficient (Wildman–Crippen LogP) is 2.55. The van der Waals surface area contributed by atoms with Crippen LogP contribution in [-0.4, -0.2) is 34.4 Å². The van der Waals surface area contributed by atoms with E-state index in [4.69, 9.17) is 0 Å². The van der Waals surface area contributed by atoms with Gasteiger partial charge in [0.25, 0.3) is 0 Å². The highest BCUT2D eigenvalue weighted by molar-refractivity contribution is 7.90. The van der Waals surface area contributed by atoms with Gasteiger partial charge in [0.15, 0.2) is 9.84 Å². The first-order chi connectivity index (χ1) is 11.9. The van der Waals surface area contributed by atoms with Crippen LogP contribution in [0.25, 0.3) is 5.69 Å². The Morgan fingerprint density at radius 3 is 2.64 bits per heavy atom. The molecule has 8 heteroatoms. The summed E-state index contributed by atoms with van der Waals surface area (Å²) in [5.41, 5.74) is 1.89. The van der Waals surface area contributed by atoms with Crippen molar-refractivity contribution >= 4 is 15.7 Å². The molecular weight excluding hydrogens is 338 g/mol. The van der Waals surface area contributed by atoms with Crippen LogP contribution in [0.15, 0.2) is 53.8 Å². The third kappa shape index (κ3) is 3.69. The Kier molecular flexibility index (Phi) is 4.54. The summed E-state index contributed by atoms with van der Waals surface area (Å²) >= 11 is 0. The largest absolute Gasteiger partial charge is 0.362 e. The van der Waals surface area contributed by atoms with Gasteiger partial charge in [0.05, 0.1) is 17.9 Å². The fourth-order valence-electron chi connectivity index (χ4n) is 2.59. The van der Waals surface area contributed by atoms with E-state index >= 15 is 0 Å². The summed E-state index contributed by atoms with van der Waals surface area (Å²) in [6.45, 7) is 3.67. The van der Waals surface area contributed by atoms with Crippen LogP contribution in [0.4, 0.5) is 5.82 Å². The van der Waals surface area contributed by atoms with Gasteiger partial charge in [-0.2, -0.15) is 5.10 Å². The molecule has 0 fully saturated rings. The molecule has 0 amide bonds. The normalized spacial score (nSPS) is 12.8. The van der Waals surface area contributed by atoms with Crippen molar-refractivity contribution in [1.29, 1.82) is 0 Å². The maximum Gasteiger partial charge on any atom is 0.180 e. The average molecular weight is 357 g/mol. The van der Waals surface area contributed by atoms with E-state index in [-0.39, 0.29) is 10.9 Å². The van der Waals surface area contributed by atoms with Gasteiger partial charge in [-0.1, -0.05) is 18.2 Å². The number of hydrogen-bond acceptors (Lipinski definition) is 6. The highest BCUT2D eigenvalue weighted by atomic mass is 32.2. The molecule has 130 valence electrons. The first kappa shape index (κ1) is 17.1. The smallest absolute Gasteiger partial charge is 0.180 e. The van der Waals surface area contributed by atoms with E-state index in [0.717, 1.165) is 17.5 Å². The number of anilines is 1. The topological polar surface area (TPSA) is 89.8 Å². The van der Waals surface area contributed by atoms with Gasteiger partial charge in [-0.15, -0.1) is 0 Å². The molecule has 0 aliphatic carbocycles. The number of sulfone groups is 1. The van der Waals surface area contributed by atoms with Crippen molar-refractivity contribution < 1.29 is 8.42 Å². The Hall–Kier alpha value is -2.74. The monoisotopic (exact) mass is 357 g/mol. The maximum atomic E-state index is 12.0. The summed E-state index contributed by atoms with van der Waals surface area (Å²) in [7, 11) is -3.44. The lowest BCUT2D eigenvalue weighted by Gasteiger charge is -2.20. The molecule has 0 radical (unpaired) electrons. The van der Waals surface area contributed by atoms with Crippen LogP contribution in [0.3, 0.4) is 0 Å². The minimum atomic E-state index is -3.44. The van der Waals surface area contributed by atoms with Gasteiger partial charge < -0.3 is 5.32 Å². The number of benzene rings is 1. The maximum absolute atomic E-state index is 12.0. The van der Waals surface area contributed by atoms with Crippen molar-refractivity contribution in [3.63, 3.8) is 0 Å².